The van der Waals surface area contributed by atoms with Crippen LogP contribution in [0.2, 0.25) is 0 Å². The van der Waals surface area contributed by atoms with Crippen molar-refractivity contribution in [3.8, 4) is 0 Å². The molecule has 1 aromatic heterocycles. The van der Waals surface area contributed by atoms with Crippen molar-refractivity contribution in [2.45, 2.75) is 26.4 Å². The highest BCUT2D eigenvalue weighted by molar-refractivity contribution is 5.69. The molecule has 1 aromatic rings. The van der Waals surface area contributed by atoms with Gasteiger partial charge >= 0.3 is 6.09 Å². The summed E-state index contributed by atoms with van der Waals surface area (Å²) in [7, 11) is 0. The first-order valence-corrected chi connectivity index (χ1v) is 3.59. The van der Waals surface area contributed by atoms with Crippen LogP contribution >= 0.6 is 0 Å². The molecule has 0 radical (unpaired) electrons. The van der Waals surface area contributed by atoms with Crippen molar-refractivity contribution in [3.05, 3.63) is 12.4 Å². The molecule has 12 heavy (non-hydrogen) atoms. The first-order chi connectivity index (χ1) is 5.49. The van der Waals surface area contributed by atoms with Gasteiger partial charge in [0, 0.05) is 0 Å². The van der Waals surface area contributed by atoms with Crippen molar-refractivity contribution in [1.82, 2.24) is 15.0 Å². The van der Waals surface area contributed by atoms with E-state index < -0.39 is 11.7 Å². The first-order valence-electron chi connectivity index (χ1n) is 3.59. The van der Waals surface area contributed by atoms with Crippen LogP contribution in [0, 0.1) is 0 Å². The van der Waals surface area contributed by atoms with Crippen LogP contribution in [0.3, 0.4) is 0 Å². The predicted molar refractivity (Wildman–Crippen MR) is 41.7 cm³/mol. The van der Waals surface area contributed by atoms with Gasteiger partial charge in [0.25, 0.3) is 0 Å². The van der Waals surface area contributed by atoms with E-state index in [4.69, 9.17) is 4.74 Å². The van der Waals surface area contributed by atoms with Gasteiger partial charge in [-0.15, -0.1) is 5.10 Å². The van der Waals surface area contributed by atoms with E-state index in [0.717, 1.165) is 4.68 Å². The quantitative estimate of drug-likeness (QED) is 0.582. The zero-order valence-electron chi connectivity index (χ0n) is 7.31. The van der Waals surface area contributed by atoms with Crippen LogP contribution in [0.4, 0.5) is 4.79 Å². The number of hydrogen-bond acceptors (Lipinski definition) is 4. The van der Waals surface area contributed by atoms with Crippen molar-refractivity contribution in [1.29, 1.82) is 0 Å². The minimum absolute atomic E-state index is 0.497. The van der Waals surface area contributed by atoms with Crippen LogP contribution in [0.1, 0.15) is 20.8 Å². The maximum atomic E-state index is 11.2. The van der Waals surface area contributed by atoms with E-state index in [0.29, 0.717) is 0 Å². The lowest BCUT2D eigenvalue weighted by molar-refractivity contribution is 0.0511. The van der Waals surface area contributed by atoms with Gasteiger partial charge in [0.15, 0.2) is 0 Å². The topological polar surface area (TPSA) is 57.0 Å². The molecule has 0 aromatic carbocycles. The number of aromatic nitrogens is 3. The smallest absolute Gasteiger partial charge is 0.436 e. The average Bonchev–Trinajstić information content (AvgIpc) is 2.32. The Morgan fingerprint density at radius 1 is 1.50 bits per heavy atom. The molecular formula is C7H11N3O2. The van der Waals surface area contributed by atoms with Crippen LogP contribution < -0.4 is 0 Å². The number of hydrogen-bond donors (Lipinski definition) is 0. The highest BCUT2D eigenvalue weighted by Crippen LogP contribution is 2.07. The number of ether oxygens (including phenoxy) is 1. The second kappa shape index (κ2) is 2.92. The molecule has 0 saturated heterocycles. The molecule has 0 amide bonds. The highest BCUT2D eigenvalue weighted by Gasteiger charge is 2.17. The fraction of sp³-hybridized carbons (Fsp3) is 0.571. The average molecular weight is 169 g/mol. The summed E-state index contributed by atoms with van der Waals surface area (Å²) in [5, 5.41) is 6.98. The van der Waals surface area contributed by atoms with Gasteiger partial charge in [-0.2, -0.15) is 4.68 Å². The van der Waals surface area contributed by atoms with Gasteiger partial charge in [-0.25, -0.2) is 4.79 Å². The second-order valence-electron chi connectivity index (χ2n) is 3.33. The zero-order chi connectivity index (χ0) is 9.19. The molecule has 0 fully saturated rings. The Bertz CT molecular complexity index is 261. The standard InChI is InChI=1S/C7H11N3O2/c1-7(2,3)12-6(11)10-5-4-8-9-10/h4-5H,1-3H3. The van der Waals surface area contributed by atoms with Crippen molar-refractivity contribution >= 4 is 6.09 Å². The minimum atomic E-state index is -0.514. The number of carbonyl (C=O) groups excluding carboxylic acids is 1. The monoisotopic (exact) mass is 169 g/mol. The lowest BCUT2D eigenvalue weighted by Gasteiger charge is -2.18. The van der Waals surface area contributed by atoms with Gasteiger partial charge in [-0.1, -0.05) is 5.21 Å². The lowest BCUT2D eigenvalue weighted by atomic mass is 10.2. The Morgan fingerprint density at radius 3 is 2.58 bits per heavy atom. The first kappa shape index (κ1) is 8.70. The Kier molecular flexibility index (Phi) is 2.12. The summed E-state index contributed by atoms with van der Waals surface area (Å²) < 4.78 is 6.05. The van der Waals surface area contributed by atoms with Crippen LogP contribution in [0.15, 0.2) is 12.4 Å². The third-order valence-corrected chi connectivity index (χ3v) is 1.00. The third kappa shape index (κ3) is 2.34. The van der Waals surface area contributed by atoms with Gasteiger partial charge in [0.1, 0.15) is 5.60 Å². The molecular weight excluding hydrogens is 158 g/mol. The molecule has 0 aliphatic carbocycles. The largest absolute Gasteiger partial charge is 0.442 e. The normalized spacial score (nSPS) is 11.2. The van der Waals surface area contributed by atoms with Crippen molar-refractivity contribution < 1.29 is 9.53 Å². The molecule has 66 valence electrons. The molecule has 0 aliphatic heterocycles. The second-order valence-corrected chi connectivity index (χ2v) is 3.33. The van der Waals surface area contributed by atoms with Crippen molar-refractivity contribution in [3.63, 3.8) is 0 Å². The SMILES string of the molecule is CC(C)(C)OC(=O)n1ccnn1. The Hall–Kier alpha value is -1.39. The summed E-state index contributed by atoms with van der Waals surface area (Å²) in [4.78, 5) is 11.2. The van der Waals surface area contributed by atoms with E-state index in [1.54, 1.807) is 20.8 Å². The van der Waals surface area contributed by atoms with Crippen LogP contribution in [0.25, 0.3) is 0 Å². The summed E-state index contributed by atoms with van der Waals surface area (Å²) in [6, 6.07) is 0. The molecule has 5 nitrogen and oxygen atoms in total. The van der Waals surface area contributed by atoms with E-state index in [1.807, 2.05) is 0 Å². The Labute approximate surface area is 70.3 Å². The van der Waals surface area contributed by atoms with E-state index in [-0.39, 0.29) is 0 Å². The van der Waals surface area contributed by atoms with Gasteiger partial charge < -0.3 is 4.74 Å². The maximum absolute atomic E-state index is 11.2. The molecule has 1 heterocycles. The molecule has 0 atom stereocenters. The van der Waals surface area contributed by atoms with E-state index in [1.165, 1.54) is 12.4 Å². The molecule has 5 heteroatoms. The predicted octanol–water partition coefficient (Wildman–Crippen LogP) is 1.06. The molecule has 0 aliphatic rings. The molecule has 0 saturated carbocycles. The molecule has 0 N–H and O–H groups in total. The minimum Gasteiger partial charge on any atom is -0.442 e. The molecule has 0 bridgehead atoms. The van der Waals surface area contributed by atoms with Gasteiger partial charge in [-0.3, -0.25) is 0 Å². The number of rotatable bonds is 0. The van der Waals surface area contributed by atoms with Crippen LogP contribution in [-0.2, 0) is 4.74 Å². The maximum Gasteiger partial charge on any atom is 0.436 e. The van der Waals surface area contributed by atoms with Crippen LogP contribution in [-0.4, -0.2) is 26.7 Å². The lowest BCUT2D eigenvalue weighted by Crippen LogP contribution is -2.27. The number of carbonyl (C=O) groups is 1. The zero-order valence-corrected chi connectivity index (χ0v) is 7.31. The summed E-state index contributed by atoms with van der Waals surface area (Å²) in [6.07, 6.45) is 2.35. The molecule has 1 rings (SSSR count). The third-order valence-electron chi connectivity index (χ3n) is 1.00. The van der Waals surface area contributed by atoms with Gasteiger partial charge in [-0.05, 0) is 20.8 Å². The summed E-state index contributed by atoms with van der Waals surface area (Å²) >= 11 is 0. The van der Waals surface area contributed by atoms with Crippen LogP contribution in [0.5, 0.6) is 0 Å². The van der Waals surface area contributed by atoms with E-state index in [9.17, 15) is 4.79 Å². The summed E-state index contributed by atoms with van der Waals surface area (Å²) in [6.45, 7) is 5.38. The fourth-order valence-corrected chi connectivity index (χ4v) is 0.614. The van der Waals surface area contributed by atoms with Gasteiger partial charge in [0.05, 0.1) is 12.4 Å². The molecule has 0 unspecified atom stereocenters. The molecule has 0 spiro atoms. The van der Waals surface area contributed by atoms with Crippen molar-refractivity contribution in [2.24, 2.45) is 0 Å². The fourth-order valence-electron chi connectivity index (χ4n) is 0.614. The van der Waals surface area contributed by atoms with Gasteiger partial charge in [0.2, 0.25) is 0 Å². The van der Waals surface area contributed by atoms with E-state index >= 15 is 0 Å². The highest BCUT2D eigenvalue weighted by atomic mass is 16.6. The summed E-state index contributed by atoms with van der Waals surface area (Å²) in [5.74, 6) is 0. The Balaban J connectivity index is 2.63. The number of nitrogens with zero attached hydrogens (tertiary/aromatic N) is 3. The Morgan fingerprint density at radius 2 is 2.17 bits per heavy atom. The van der Waals surface area contributed by atoms with Crippen molar-refractivity contribution in [2.75, 3.05) is 0 Å². The summed E-state index contributed by atoms with van der Waals surface area (Å²) in [5.41, 5.74) is -0.497. The van der Waals surface area contributed by atoms with E-state index in [2.05, 4.69) is 10.3 Å².